The van der Waals surface area contributed by atoms with Crippen LogP contribution in [0.2, 0.25) is 0 Å². The Hall–Kier alpha value is -3.53. The van der Waals surface area contributed by atoms with Gasteiger partial charge in [-0.05, 0) is 54.3 Å². The molecule has 5 aromatic rings. The molecule has 0 unspecified atom stereocenters. The van der Waals surface area contributed by atoms with Gasteiger partial charge in [0.05, 0.1) is 5.69 Å². The van der Waals surface area contributed by atoms with Crippen molar-refractivity contribution >= 4 is 22.1 Å². The molecule has 3 heterocycles. The van der Waals surface area contributed by atoms with Crippen molar-refractivity contribution in [3.63, 3.8) is 0 Å². The van der Waals surface area contributed by atoms with Crippen molar-refractivity contribution in [1.29, 1.82) is 0 Å². The van der Waals surface area contributed by atoms with Gasteiger partial charge in [0.2, 0.25) is 5.71 Å². The quantitative estimate of drug-likeness (QED) is 0.322. The SMILES string of the molecule is Cc1ccc2c(oc3nc(C(C)C)ccc32)c1-c1ncccc1-c1cccc(F)c1. The topological polar surface area (TPSA) is 38.9 Å². The molecule has 0 radical (unpaired) electrons. The Bertz CT molecular complexity index is 1400. The first-order valence-corrected chi connectivity index (χ1v) is 10.1. The summed E-state index contributed by atoms with van der Waals surface area (Å²) < 4.78 is 20.2. The zero-order valence-electron chi connectivity index (χ0n) is 17.1. The smallest absolute Gasteiger partial charge is 0.227 e. The molecule has 3 nitrogen and oxygen atoms in total. The van der Waals surface area contributed by atoms with Crippen LogP contribution >= 0.6 is 0 Å². The number of fused-ring (bicyclic) bond motifs is 3. The summed E-state index contributed by atoms with van der Waals surface area (Å²) in [6, 6.07) is 18.7. The summed E-state index contributed by atoms with van der Waals surface area (Å²) in [7, 11) is 0. The van der Waals surface area contributed by atoms with Crippen LogP contribution in [-0.4, -0.2) is 9.97 Å². The lowest BCUT2D eigenvalue weighted by Crippen LogP contribution is -1.92. The van der Waals surface area contributed by atoms with E-state index in [9.17, 15) is 4.39 Å². The minimum Gasteiger partial charge on any atom is -0.437 e. The third-order valence-corrected chi connectivity index (χ3v) is 5.51. The molecule has 0 bridgehead atoms. The van der Waals surface area contributed by atoms with Crippen molar-refractivity contribution in [3.05, 3.63) is 83.9 Å². The number of aryl methyl sites for hydroxylation is 1. The van der Waals surface area contributed by atoms with E-state index in [0.29, 0.717) is 11.6 Å². The molecule has 0 saturated heterocycles. The largest absolute Gasteiger partial charge is 0.437 e. The van der Waals surface area contributed by atoms with Gasteiger partial charge in [0, 0.05) is 33.8 Å². The molecule has 5 rings (SSSR count). The number of aromatic nitrogens is 2. The number of benzene rings is 2. The first-order chi connectivity index (χ1) is 14.5. The number of hydrogen-bond donors (Lipinski definition) is 0. The molecule has 0 aliphatic rings. The Morgan fingerprint density at radius 3 is 2.57 bits per heavy atom. The van der Waals surface area contributed by atoms with E-state index in [1.54, 1.807) is 12.3 Å². The molecule has 0 saturated carbocycles. The Morgan fingerprint density at radius 1 is 0.933 bits per heavy atom. The highest BCUT2D eigenvalue weighted by atomic mass is 19.1. The van der Waals surface area contributed by atoms with Crippen molar-refractivity contribution in [2.75, 3.05) is 0 Å². The molecule has 0 aliphatic heterocycles. The summed E-state index contributed by atoms with van der Waals surface area (Å²) in [5.41, 5.74) is 6.77. The molecule has 0 atom stereocenters. The number of furan rings is 1. The second-order valence-corrected chi connectivity index (χ2v) is 7.89. The lowest BCUT2D eigenvalue weighted by atomic mass is 9.95. The van der Waals surface area contributed by atoms with Gasteiger partial charge in [-0.2, -0.15) is 0 Å². The number of nitrogens with zero attached hydrogens (tertiary/aromatic N) is 2. The summed E-state index contributed by atoms with van der Waals surface area (Å²) in [6.45, 7) is 6.27. The van der Waals surface area contributed by atoms with E-state index < -0.39 is 0 Å². The number of halogens is 1. The number of pyridine rings is 2. The van der Waals surface area contributed by atoms with Crippen molar-refractivity contribution in [2.24, 2.45) is 0 Å². The molecule has 0 fully saturated rings. The number of rotatable bonds is 3. The standard InChI is InChI=1S/C26H21FN2O/c1-15(2)22-12-11-21-20-10-9-16(3)23(25(20)30-26(21)29-22)24-19(8-5-13-28-24)17-6-4-7-18(27)14-17/h4-15H,1-3H3. The average molecular weight is 396 g/mol. The molecule has 30 heavy (non-hydrogen) atoms. The maximum absolute atomic E-state index is 13.9. The van der Waals surface area contributed by atoms with Crippen molar-refractivity contribution in [3.8, 4) is 22.4 Å². The van der Waals surface area contributed by atoms with Crippen LogP contribution in [0, 0.1) is 12.7 Å². The Labute approximate surface area is 174 Å². The molecule has 2 aromatic carbocycles. The van der Waals surface area contributed by atoms with Crippen LogP contribution in [0.25, 0.3) is 44.5 Å². The minimum atomic E-state index is -0.272. The summed E-state index contributed by atoms with van der Waals surface area (Å²) in [5, 5.41) is 1.99. The van der Waals surface area contributed by atoms with Crippen LogP contribution < -0.4 is 0 Å². The molecule has 3 aromatic heterocycles. The fourth-order valence-electron chi connectivity index (χ4n) is 3.94. The monoisotopic (exact) mass is 396 g/mol. The van der Waals surface area contributed by atoms with E-state index in [1.807, 2.05) is 25.1 Å². The highest BCUT2D eigenvalue weighted by Gasteiger charge is 2.19. The van der Waals surface area contributed by atoms with Gasteiger partial charge in [0.1, 0.15) is 11.4 Å². The third-order valence-electron chi connectivity index (χ3n) is 5.51. The maximum atomic E-state index is 13.9. The van der Waals surface area contributed by atoms with Gasteiger partial charge >= 0.3 is 0 Å². The highest BCUT2D eigenvalue weighted by Crippen LogP contribution is 2.40. The first kappa shape index (κ1) is 18.5. The Kier molecular flexibility index (Phi) is 4.35. The van der Waals surface area contributed by atoms with E-state index in [2.05, 4.69) is 43.1 Å². The lowest BCUT2D eigenvalue weighted by molar-refractivity contribution is 0.628. The predicted octanol–water partition coefficient (Wildman–Crippen LogP) is 7.28. The zero-order valence-corrected chi connectivity index (χ0v) is 17.1. The van der Waals surface area contributed by atoms with Crippen molar-refractivity contribution < 1.29 is 8.81 Å². The second-order valence-electron chi connectivity index (χ2n) is 7.89. The van der Waals surface area contributed by atoms with Gasteiger partial charge in [-0.3, -0.25) is 4.98 Å². The first-order valence-electron chi connectivity index (χ1n) is 10.1. The molecular weight excluding hydrogens is 375 g/mol. The summed E-state index contributed by atoms with van der Waals surface area (Å²) in [5.74, 6) is 0.0468. The van der Waals surface area contributed by atoms with Gasteiger partial charge in [0.15, 0.2) is 0 Å². The van der Waals surface area contributed by atoms with E-state index in [1.165, 1.54) is 12.1 Å². The molecular formula is C26H21FN2O. The van der Waals surface area contributed by atoms with Crippen molar-refractivity contribution in [1.82, 2.24) is 9.97 Å². The van der Waals surface area contributed by atoms with Crippen LogP contribution in [0.15, 0.2) is 71.3 Å². The fraction of sp³-hybridized carbons (Fsp3) is 0.154. The molecule has 0 aliphatic carbocycles. The normalized spacial score (nSPS) is 11.6. The predicted molar refractivity (Wildman–Crippen MR) is 119 cm³/mol. The zero-order chi connectivity index (χ0) is 20.8. The van der Waals surface area contributed by atoms with Gasteiger partial charge < -0.3 is 4.42 Å². The Balaban J connectivity index is 1.82. The summed E-state index contributed by atoms with van der Waals surface area (Å²) in [4.78, 5) is 9.41. The molecule has 0 N–H and O–H groups in total. The average Bonchev–Trinajstić information content (AvgIpc) is 3.11. The van der Waals surface area contributed by atoms with E-state index in [4.69, 9.17) is 9.40 Å². The Morgan fingerprint density at radius 2 is 1.77 bits per heavy atom. The van der Waals surface area contributed by atoms with E-state index in [0.717, 1.165) is 50.0 Å². The lowest BCUT2D eigenvalue weighted by Gasteiger charge is -2.12. The van der Waals surface area contributed by atoms with Gasteiger partial charge in [-0.25, -0.2) is 9.37 Å². The second kappa shape index (κ2) is 7.06. The van der Waals surface area contributed by atoms with Gasteiger partial charge in [-0.15, -0.1) is 0 Å². The summed E-state index contributed by atoms with van der Waals surface area (Å²) >= 11 is 0. The van der Waals surface area contributed by atoms with Gasteiger partial charge in [-0.1, -0.05) is 44.2 Å². The van der Waals surface area contributed by atoms with Crippen LogP contribution in [0.1, 0.15) is 31.0 Å². The highest BCUT2D eigenvalue weighted by molar-refractivity contribution is 6.10. The van der Waals surface area contributed by atoms with Gasteiger partial charge in [0.25, 0.3) is 0 Å². The van der Waals surface area contributed by atoms with Crippen LogP contribution in [0.4, 0.5) is 4.39 Å². The van der Waals surface area contributed by atoms with Crippen molar-refractivity contribution in [2.45, 2.75) is 26.7 Å². The van der Waals surface area contributed by atoms with Crippen LogP contribution in [-0.2, 0) is 0 Å². The van der Waals surface area contributed by atoms with Crippen LogP contribution in [0.3, 0.4) is 0 Å². The molecule has 0 spiro atoms. The maximum Gasteiger partial charge on any atom is 0.227 e. The number of hydrogen-bond acceptors (Lipinski definition) is 3. The third kappa shape index (κ3) is 2.96. The minimum absolute atomic E-state index is 0.272. The molecule has 4 heteroatoms. The molecule has 148 valence electrons. The summed E-state index contributed by atoms with van der Waals surface area (Å²) in [6.07, 6.45) is 1.76. The van der Waals surface area contributed by atoms with E-state index >= 15 is 0 Å². The molecule has 0 amide bonds. The fourth-order valence-corrected chi connectivity index (χ4v) is 3.94. The van der Waals surface area contributed by atoms with Crippen LogP contribution in [0.5, 0.6) is 0 Å². The van der Waals surface area contributed by atoms with E-state index in [-0.39, 0.29) is 5.82 Å².